The molecule has 0 saturated heterocycles. The Morgan fingerprint density at radius 1 is 1.07 bits per heavy atom. The van der Waals surface area contributed by atoms with Crippen LogP contribution in [0.5, 0.6) is 0 Å². The third-order valence-corrected chi connectivity index (χ3v) is 5.45. The molecule has 27 heavy (non-hydrogen) atoms. The fourth-order valence-electron chi connectivity index (χ4n) is 3.06. The Bertz CT molecular complexity index is 949. The lowest BCUT2D eigenvalue weighted by Crippen LogP contribution is -2.41. The lowest BCUT2D eigenvalue weighted by Gasteiger charge is -2.23. The normalized spacial score (nSPS) is 10.8. The second-order valence-electron chi connectivity index (χ2n) is 6.28. The lowest BCUT2D eigenvalue weighted by molar-refractivity contribution is -0.131. The van der Waals surface area contributed by atoms with Gasteiger partial charge in [0.1, 0.15) is 0 Å². The molecule has 6 heteroatoms. The monoisotopic (exact) mass is 381 g/mol. The highest BCUT2D eigenvalue weighted by Gasteiger charge is 2.21. The van der Waals surface area contributed by atoms with Gasteiger partial charge in [-0.25, -0.2) is 4.98 Å². The molecule has 140 valence electrons. The van der Waals surface area contributed by atoms with Gasteiger partial charge in [0, 0.05) is 25.5 Å². The molecule has 0 atom stereocenters. The number of rotatable bonds is 6. The van der Waals surface area contributed by atoms with Crippen molar-refractivity contribution in [3.8, 4) is 10.6 Å². The van der Waals surface area contributed by atoms with Crippen molar-refractivity contribution in [2.75, 3.05) is 26.7 Å². The Morgan fingerprint density at radius 3 is 2.48 bits per heavy atom. The largest absolute Gasteiger partial charge is 0.342 e. The first-order valence-electron chi connectivity index (χ1n) is 9.02. The fraction of sp³-hybridized carbons (Fsp3) is 0.286. The Kier molecular flexibility index (Phi) is 5.86. The number of hydrogen-bond donors (Lipinski definition) is 0. The van der Waals surface area contributed by atoms with Crippen LogP contribution in [0, 0.1) is 0 Å². The molecule has 3 rings (SSSR count). The van der Waals surface area contributed by atoms with E-state index in [1.165, 1.54) is 4.90 Å². The zero-order valence-electron chi connectivity index (χ0n) is 15.8. The molecule has 2 amide bonds. The summed E-state index contributed by atoms with van der Waals surface area (Å²) in [6.07, 6.45) is 0. The van der Waals surface area contributed by atoms with Crippen LogP contribution in [0.15, 0.2) is 47.8 Å². The van der Waals surface area contributed by atoms with Gasteiger partial charge in [0.25, 0.3) is 5.91 Å². The van der Waals surface area contributed by atoms with Crippen molar-refractivity contribution < 1.29 is 9.59 Å². The van der Waals surface area contributed by atoms with Crippen LogP contribution in [0.3, 0.4) is 0 Å². The highest BCUT2D eigenvalue weighted by Crippen LogP contribution is 2.28. The van der Waals surface area contributed by atoms with Crippen molar-refractivity contribution in [3.63, 3.8) is 0 Å². The summed E-state index contributed by atoms with van der Waals surface area (Å²) < 4.78 is 0. The minimum Gasteiger partial charge on any atom is -0.342 e. The molecule has 0 aliphatic heterocycles. The maximum absolute atomic E-state index is 13.1. The van der Waals surface area contributed by atoms with Crippen molar-refractivity contribution in [1.29, 1.82) is 0 Å². The van der Waals surface area contributed by atoms with E-state index in [0.717, 1.165) is 21.5 Å². The topological polar surface area (TPSA) is 53.5 Å². The average molecular weight is 382 g/mol. The van der Waals surface area contributed by atoms with E-state index in [1.54, 1.807) is 23.3 Å². The first-order chi connectivity index (χ1) is 13.0. The third kappa shape index (κ3) is 4.01. The van der Waals surface area contributed by atoms with Crippen LogP contribution in [-0.2, 0) is 4.79 Å². The van der Waals surface area contributed by atoms with Crippen LogP contribution in [0.4, 0.5) is 0 Å². The van der Waals surface area contributed by atoms with E-state index >= 15 is 0 Å². The minimum atomic E-state index is -0.174. The molecule has 0 saturated carbocycles. The summed E-state index contributed by atoms with van der Waals surface area (Å²) in [6.45, 7) is 5.21. The number of aromatic nitrogens is 1. The number of nitrogens with zero attached hydrogens (tertiary/aromatic N) is 3. The zero-order valence-corrected chi connectivity index (χ0v) is 16.6. The molecular formula is C21H23N3O2S. The van der Waals surface area contributed by atoms with Crippen molar-refractivity contribution in [2.24, 2.45) is 0 Å². The number of pyridine rings is 1. The predicted molar refractivity (Wildman–Crippen MR) is 110 cm³/mol. The molecule has 3 aromatic rings. The lowest BCUT2D eigenvalue weighted by atomic mass is 10.1. The fourth-order valence-corrected chi connectivity index (χ4v) is 3.75. The van der Waals surface area contributed by atoms with Gasteiger partial charge in [-0.3, -0.25) is 9.59 Å². The van der Waals surface area contributed by atoms with Crippen LogP contribution >= 0.6 is 11.3 Å². The Labute approximate surface area is 163 Å². The van der Waals surface area contributed by atoms with E-state index in [0.29, 0.717) is 18.7 Å². The number of likely N-dealkylation sites (N-methyl/N-ethyl adjacent to an activating group) is 2. The molecule has 0 radical (unpaired) electrons. The van der Waals surface area contributed by atoms with Gasteiger partial charge in [0.2, 0.25) is 5.91 Å². The van der Waals surface area contributed by atoms with Crippen LogP contribution in [0.1, 0.15) is 24.2 Å². The summed E-state index contributed by atoms with van der Waals surface area (Å²) in [6, 6.07) is 13.4. The number of amides is 2. The molecule has 0 bridgehead atoms. The number of hydrogen-bond acceptors (Lipinski definition) is 4. The summed E-state index contributed by atoms with van der Waals surface area (Å²) in [7, 11) is 1.67. The van der Waals surface area contributed by atoms with E-state index in [-0.39, 0.29) is 18.4 Å². The molecule has 0 aliphatic carbocycles. The van der Waals surface area contributed by atoms with Gasteiger partial charge in [-0.1, -0.05) is 24.3 Å². The van der Waals surface area contributed by atoms with Gasteiger partial charge in [0.05, 0.1) is 28.2 Å². The van der Waals surface area contributed by atoms with Gasteiger partial charge >= 0.3 is 0 Å². The molecular weight excluding hydrogens is 358 g/mol. The Balaban J connectivity index is 1.97. The summed E-state index contributed by atoms with van der Waals surface area (Å²) in [5.74, 6) is -0.223. The molecule has 5 nitrogen and oxygen atoms in total. The predicted octanol–water partition coefficient (Wildman–Crippen LogP) is 3.90. The number of fused-ring (bicyclic) bond motifs is 1. The van der Waals surface area contributed by atoms with Crippen molar-refractivity contribution in [2.45, 2.75) is 13.8 Å². The van der Waals surface area contributed by atoms with Gasteiger partial charge in [-0.15, -0.1) is 11.3 Å². The first kappa shape index (κ1) is 19.0. The quantitative estimate of drug-likeness (QED) is 0.651. The first-order valence-corrected chi connectivity index (χ1v) is 9.90. The number of carbonyl (C=O) groups excluding carboxylic acids is 2. The summed E-state index contributed by atoms with van der Waals surface area (Å²) >= 11 is 1.59. The van der Waals surface area contributed by atoms with E-state index in [1.807, 2.05) is 61.7 Å². The molecule has 1 aromatic carbocycles. The maximum atomic E-state index is 13.1. The Morgan fingerprint density at radius 2 is 1.81 bits per heavy atom. The minimum absolute atomic E-state index is 0.0484. The Hall–Kier alpha value is -2.73. The van der Waals surface area contributed by atoms with E-state index < -0.39 is 0 Å². The highest BCUT2D eigenvalue weighted by atomic mass is 32.1. The highest BCUT2D eigenvalue weighted by molar-refractivity contribution is 7.13. The van der Waals surface area contributed by atoms with Gasteiger partial charge in [-0.2, -0.15) is 0 Å². The average Bonchev–Trinajstić information content (AvgIpc) is 3.22. The van der Waals surface area contributed by atoms with Crippen LogP contribution in [0.2, 0.25) is 0 Å². The summed E-state index contributed by atoms with van der Waals surface area (Å²) in [5, 5.41) is 2.78. The second kappa shape index (κ2) is 8.31. The SMILES string of the molecule is CCN(CC)C(=O)CN(C)C(=O)c1cc(-c2cccs2)nc2ccccc12. The number of para-hydroxylation sites is 1. The van der Waals surface area contributed by atoms with Crippen molar-refractivity contribution in [1.82, 2.24) is 14.8 Å². The second-order valence-corrected chi connectivity index (χ2v) is 7.22. The molecule has 0 fully saturated rings. The smallest absolute Gasteiger partial charge is 0.254 e. The molecule has 0 aliphatic rings. The van der Waals surface area contributed by atoms with Gasteiger partial charge in [0.15, 0.2) is 0 Å². The van der Waals surface area contributed by atoms with Gasteiger partial charge < -0.3 is 9.80 Å². The molecule has 2 aromatic heterocycles. The molecule has 2 heterocycles. The molecule has 0 unspecified atom stereocenters. The summed E-state index contributed by atoms with van der Waals surface area (Å²) in [4.78, 5) is 34.5. The zero-order chi connectivity index (χ0) is 19.4. The van der Waals surface area contributed by atoms with E-state index in [9.17, 15) is 9.59 Å². The summed E-state index contributed by atoms with van der Waals surface area (Å²) in [5.41, 5.74) is 2.12. The number of thiophene rings is 1. The standard InChI is InChI=1S/C21H23N3O2S/c1-4-24(5-2)20(25)14-23(3)21(26)16-13-18(19-11-8-12-27-19)22-17-10-7-6-9-15(16)17/h6-13H,4-5,14H2,1-3H3. The molecule has 0 spiro atoms. The van der Waals surface area contributed by atoms with Crippen LogP contribution in [0.25, 0.3) is 21.5 Å². The third-order valence-electron chi connectivity index (χ3n) is 4.56. The van der Waals surface area contributed by atoms with E-state index in [4.69, 9.17) is 4.98 Å². The van der Waals surface area contributed by atoms with Crippen molar-refractivity contribution >= 4 is 34.1 Å². The van der Waals surface area contributed by atoms with Gasteiger partial charge in [-0.05, 0) is 37.4 Å². The molecule has 0 N–H and O–H groups in total. The van der Waals surface area contributed by atoms with E-state index in [2.05, 4.69) is 0 Å². The van der Waals surface area contributed by atoms with Crippen LogP contribution in [-0.4, -0.2) is 53.3 Å². The number of benzene rings is 1. The number of carbonyl (C=O) groups is 2. The van der Waals surface area contributed by atoms with Crippen LogP contribution < -0.4 is 0 Å². The maximum Gasteiger partial charge on any atom is 0.254 e. The van der Waals surface area contributed by atoms with Crippen molar-refractivity contribution in [3.05, 3.63) is 53.4 Å².